The average molecular weight is 321 g/mol. The molecule has 7 heteroatoms. The van der Waals surface area contributed by atoms with Crippen LogP contribution in [0.3, 0.4) is 0 Å². The van der Waals surface area contributed by atoms with Gasteiger partial charge < -0.3 is 19.1 Å². The number of esters is 1. The predicted octanol–water partition coefficient (Wildman–Crippen LogP) is 1.43. The van der Waals surface area contributed by atoms with Crippen LogP contribution in [0.2, 0.25) is 0 Å². The first-order valence-corrected chi connectivity index (χ1v) is 7.08. The number of hydrogen-bond acceptors (Lipinski definition) is 6. The zero-order valence-corrected chi connectivity index (χ0v) is 13.5. The van der Waals surface area contributed by atoms with E-state index in [-0.39, 0.29) is 24.7 Å². The van der Waals surface area contributed by atoms with Gasteiger partial charge in [-0.05, 0) is 13.0 Å². The molecule has 1 aliphatic rings. The van der Waals surface area contributed by atoms with E-state index in [4.69, 9.17) is 14.2 Å². The molecular weight excluding hydrogens is 302 g/mol. The Morgan fingerprint density at radius 3 is 2.26 bits per heavy atom. The molecule has 1 heterocycles. The van der Waals surface area contributed by atoms with E-state index in [0.717, 1.165) is 0 Å². The molecule has 1 unspecified atom stereocenters. The Labute approximate surface area is 134 Å². The summed E-state index contributed by atoms with van der Waals surface area (Å²) in [5.74, 6) is -0.629. The van der Waals surface area contributed by atoms with Gasteiger partial charge in [0, 0.05) is 24.6 Å². The van der Waals surface area contributed by atoms with Crippen LogP contribution in [0.1, 0.15) is 23.7 Å². The van der Waals surface area contributed by atoms with Crippen molar-refractivity contribution in [3.63, 3.8) is 0 Å². The molecule has 0 saturated carbocycles. The van der Waals surface area contributed by atoms with Gasteiger partial charge in [0.25, 0.3) is 0 Å². The topological polar surface area (TPSA) is 82.1 Å². The largest absolute Gasteiger partial charge is 0.493 e. The molecule has 0 aliphatic carbocycles. The van der Waals surface area contributed by atoms with Crippen LogP contribution in [0, 0.1) is 5.92 Å². The van der Waals surface area contributed by atoms with Crippen LogP contribution in [0.4, 0.5) is 5.69 Å². The quantitative estimate of drug-likeness (QED) is 0.603. The molecule has 1 saturated heterocycles. The van der Waals surface area contributed by atoms with Crippen molar-refractivity contribution in [3.05, 3.63) is 17.7 Å². The van der Waals surface area contributed by atoms with Crippen molar-refractivity contribution in [1.29, 1.82) is 0 Å². The minimum absolute atomic E-state index is 0.0539. The Morgan fingerprint density at radius 1 is 1.13 bits per heavy atom. The zero-order valence-electron chi connectivity index (χ0n) is 13.5. The lowest BCUT2D eigenvalue weighted by Gasteiger charge is -2.21. The molecule has 0 N–H and O–H groups in total. The van der Waals surface area contributed by atoms with E-state index in [0.29, 0.717) is 22.7 Å². The summed E-state index contributed by atoms with van der Waals surface area (Å²) in [6, 6.07) is 3.11. The Morgan fingerprint density at radius 2 is 1.74 bits per heavy atom. The number of ether oxygens (including phenoxy) is 3. The van der Waals surface area contributed by atoms with Gasteiger partial charge in [0.2, 0.25) is 5.91 Å². The van der Waals surface area contributed by atoms with Crippen molar-refractivity contribution >= 4 is 23.3 Å². The van der Waals surface area contributed by atoms with E-state index in [2.05, 4.69) is 0 Å². The van der Waals surface area contributed by atoms with Crippen LogP contribution in [0.15, 0.2) is 12.1 Å². The van der Waals surface area contributed by atoms with Gasteiger partial charge in [-0.15, -0.1) is 0 Å². The number of anilines is 1. The van der Waals surface area contributed by atoms with E-state index in [1.807, 2.05) is 0 Å². The van der Waals surface area contributed by atoms with Crippen molar-refractivity contribution in [2.75, 3.05) is 32.8 Å². The number of carbonyl (C=O) groups excluding carboxylic acids is 3. The maximum absolute atomic E-state index is 12.3. The monoisotopic (exact) mass is 321 g/mol. The van der Waals surface area contributed by atoms with Crippen molar-refractivity contribution in [2.24, 2.45) is 5.92 Å². The lowest BCUT2D eigenvalue weighted by atomic mass is 10.1. The number of rotatable bonds is 5. The van der Waals surface area contributed by atoms with Gasteiger partial charge in [-0.3, -0.25) is 14.4 Å². The first-order chi connectivity index (χ1) is 10.9. The van der Waals surface area contributed by atoms with E-state index in [9.17, 15) is 14.4 Å². The van der Waals surface area contributed by atoms with Gasteiger partial charge in [-0.1, -0.05) is 0 Å². The Balaban J connectivity index is 2.47. The molecule has 0 radical (unpaired) electrons. The third-order valence-corrected chi connectivity index (χ3v) is 3.83. The third-order valence-electron chi connectivity index (χ3n) is 3.83. The molecule has 23 heavy (non-hydrogen) atoms. The summed E-state index contributed by atoms with van der Waals surface area (Å²) in [6.07, 6.45) is 0.0539. The summed E-state index contributed by atoms with van der Waals surface area (Å²) < 4.78 is 15.1. The van der Waals surface area contributed by atoms with Crippen LogP contribution in [-0.2, 0) is 14.3 Å². The SMILES string of the molecule is COC(=O)C1CC(=O)N(c2cc(OC)c(OC)cc2C(C)=O)C1. The minimum atomic E-state index is -0.541. The van der Waals surface area contributed by atoms with E-state index in [1.54, 1.807) is 6.07 Å². The molecule has 2 rings (SSSR count). The van der Waals surface area contributed by atoms with Crippen LogP contribution >= 0.6 is 0 Å². The summed E-state index contributed by atoms with van der Waals surface area (Å²) in [5, 5.41) is 0. The molecule has 0 spiro atoms. The second kappa shape index (κ2) is 6.68. The highest BCUT2D eigenvalue weighted by atomic mass is 16.5. The highest BCUT2D eigenvalue weighted by Crippen LogP contribution is 2.37. The number of amides is 1. The maximum Gasteiger partial charge on any atom is 0.311 e. The van der Waals surface area contributed by atoms with Crippen LogP contribution in [0.5, 0.6) is 11.5 Å². The Kier molecular flexibility index (Phi) is 4.88. The number of ketones is 1. The lowest BCUT2D eigenvalue weighted by Crippen LogP contribution is -2.27. The number of benzene rings is 1. The highest BCUT2D eigenvalue weighted by Gasteiger charge is 2.37. The number of methoxy groups -OCH3 is 3. The summed E-state index contributed by atoms with van der Waals surface area (Å²) in [5.41, 5.74) is 0.744. The molecule has 0 aromatic heterocycles. The van der Waals surface area contributed by atoms with Gasteiger partial charge in [0.15, 0.2) is 17.3 Å². The van der Waals surface area contributed by atoms with Gasteiger partial charge in [0.1, 0.15) is 0 Å². The highest BCUT2D eigenvalue weighted by molar-refractivity contribution is 6.07. The molecule has 1 atom stereocenters. The summed E-state index contributed by atoms with van der Waals surface area (Å²) >= 11 is 0. The van der Waals surface area contributed by atoms with Crippen molar-refractivity contribution in [1.82, 2.24) is 0 Å². The van der Waals surface area contributed by atoms with Crippen LogP contribution in [-0.4, -0.2) is 45.5 Å². The number of hydrogen-bond donors (Lipinski definition) is 0. The third kappa shape index (κ3) is 3.13. The maximum atomic E-state index is 12.3. The minimum Gasteiger partial charge on any atom is -0.493 e. The van der Waals surface area contributed by atoms with Gasteiger partial charge >= 0.3 is 5.97 Å². The molecule has 1 aliphatic heterocycles. The fourth-order valence-electron chi connectivity index (χ4n) is 2.64. The Hall–Kier alpha value is -2.57. The second-order valence-electron chi connectivity index (χ2n) is 5.21. The smallest absolute Gasteiger partial charge is 0.311 e. The standard InChI is InChI=1S/C16H19NO6/c1-9(18)11-6-13(21-2)14(22-3)7-12(11)17-8-10(5-15(17)19)16(20)23-4/h6-7,10H,5,8H2,1-4H3. The molecule has 7 nitrogen and oxygen atoms in total. The van der Waals surface area contributed by atoms with Crippen molar-refractivity contribution in [3.8, 4) is 11.5 Å². The van der Waals surface area contributed by atoms with E-state index >= 15 is 0 Å². The molecule has 1 aromatic rings. The van der Waals surface area contributed by atoms with Crippen LogP contribution in [0.25, 0.3) is 0 Å². The molecule has 1 aromatic carbocycles. The molecular formula is C16H19NO6. The van der Waals surface area contributed by atoms with Gasteiger partial charge in [-0.2, -0.15) is 0 Å². The normalized spacial score (nSPS) is 17.1. The zero-order chi connectivity index (χ0) is 17.1. The van der Waals surface area contributed by atoms with Crippen LogP contribution < -0.4 is 14.4 Å². The van der Waals surface area contributed by atoms with Gasteiger partial charge in [0.05, 0.1) is 32.9 Å². The molecule has 0 bridgehead atoms. The van der Waals surface area contributed by atoms with E-state index in [1.165, 1.54) is 39.2 Å². The van der Waals surface area contributed by atoms with E-state index < -0.39 is 11.9 Å². The van der Waals surface area contributed by atoms with Crippen molar-refractivity contribution in [2.45, 2.75) is 13.3 Å². The fraction of sp³-hybridized carbons (Fsp3) is 0.438. The number of carbonyl (C=O) groups is 3. The first-order valence-electron chi connectivity index (χ1n) is 7.08. The second-order valence-corrected chi connectivity index (χ2v) is 5.21. The fourth-order valence-corrected chi connectivity index (χ4v) is 2.64. The molecule has 124 valence electrons. The number of Topliss-reactive ketones (excluding diaryl/α,β-unsaturated/α-hetero) is 1. The predicted molar refractivity (Wildman–Crippen MR) is 82.0 cm³/mol. The lowest BCUT2D eigenvalue weighted by molar-refractivity contribution is -0.145. The van der Waals surface area contributed by atoms with Gasteiger partial charge in [-0.25, -0.2) is 0 Å². The first kappa shape index (κ1) is 16.8. The summed E-state index contributed by atoms with van der Waals surface area (Å²) in [6.45, 7) is 1.57. The molecule has 1 fully saturated rings. The average Bonchev–Trinajstić information content (AvgIpc) is 2.94. The molecule has 1 amide bonds. The van der Waals surface area contributed by atoms with Crippen molar-refractivity contribution < 1.29 is 28.6 Å². The Bertz CT molecular complexity index is 654. The summed E-state index contributed by atoms with van der Waals surface area (Å²) in [7, 11) is 4.22. The summed E-state index contributed by atoms with van der Waals surface area (Å²) in [4.78, 5) is 37.3. The number of nitrogens with zero attached hydrogens (tertiary/aromatic N) is 1.